The molecule has 1 aromatic carbocycles. The Labute approximate surface area is 120 Å². The van der Waals surface area contributed by atoms with Gasteiger partial charge < -0.3 is 15.7 Å². The van der Waals surface area contributed by atoms with Gasteiger partial charge in [-0.3, -0.25) is 0 Å². The van der Waals surface area contributed by atoms with Crippen LogP contribution in [0.15, 0.2) is 18.2 Å². The van der Waals surface area contributed by atoms with Crippen LogP contribution in [0.4, 0.5) is 10.5 Å². The third-order valence-corrected chi connectivity index (χ3v) is 2.77. The fourth-order valence-corrected chi connectivity index (χ4v) is 1.60. The van der Waals surface area contributed by atoms with Gasteiger partial charge in [0.25, 0.3) is 0 Å². The predicted molar refractivity (Wildman–Crippen MR) is 81.7 cm³/mol. The summed E-state index contributed by atoms with van der Waals surface area (Å²) in [5, 5.41) is 14.3. The van der Waals surface area contributed by atoms with Crippen LogP contribution in [-0.4, -0.2) is 24.3 Å². The van der Waals surface area contributed by atoms with E-state index in [0.29, 0.717) is 13.0 Å². The lowest BCUT2D eigenvalue weighted by Gasteiger charge is -2.10. The summed E-state index contributed by atoms with van der Waals surface area (Å²) < 4.78 is 0. The molecule has 0 bridgehead atoms. The van der Waals surface area contributed by atoms with Crippen LogP contribution in [0.25, 0.3) is 0 Å². The number of hydrogen-bond acceptors (Lipinski definition) is 2. The van der Waals surface area contributed by atoms with Crippen LogP contribution in [-0.2, 0) is 0 Å². The average Bonchev–Trinajstić information content (AvgIpc) is 2.43. The highest BCUT2D eigenvalue weighted by Gasteiger charge is 2.04. The third-order valence-electron chi connectivity index (χ3n) is 2.77. The highest BCUT2D eigenvalue weighted by molar-refractivity contribution is 5.90. The molecule has 0 heterocycles. The largest absolute Gasteiger partial charge is 0.395 e. The summed E-state index contributed by atoms with van der Waals surface area (Å²) in [6.07, 6.45) is 2.47. The first-order chi connectivity index (χ1) is 9.67. The maximum atomic E-state index is 11.7. The van der Waals surface area contributed by atoms with Gasteiger partial charge in [0.1, 0.15) is 0 Å². The summed E-state index contributed by atoms with van der Waals surface area (Å²) in [6.45, 7) is 4.76. The zero-order valence-corrected chi connectivity index (χ0v) is 12.1. The number of urea groups is 1. The van der Waals surface area contributed by atoms with E-state index in [9.17, 15) is 4.79 Å². The molecule has 0 aliphatic rings. The van der Waals surface area contributed by atoms with E-state index in [4.69, 9.17) is 5.11 Å². The van der Waals surface area contributed by atoms with Crippen LogP contribution >= 0.6 is 0 Å². The van der Waals surface area contributed by atoms with Crippen molar-refractivity contribution in [3.8, 4) is 11.8 Å². The van der Waals surface area contributed by atoms with Gasteiger partial charge in [-0.15, -0.1) is 0 Å². The molecule has 20 heavy (non-hydrogen) atoms. The van der Waals surface area contributed by atoms with E-state index < -0.39 is 0 Å². The zero-order valence-electron chi connectivity index (χ0n) is 12.1. The molecule has 108 valence electrons. The zero-order chi connectivity index (χ0) is 14.8. The van der Waals surface area contributed by atoms with Crippen LogP contribution in [0.5, 0.6) is 0 Å². The van der Waals surface area contributed by atoms with E-state index in [1.54, 1.807) is 0 Å². The number of rotatable bonds is 5. The van der Waals surface area contributed by atoms with Gasteiger partial charge in [-0.1, -0.05) is 31.3 Å². The fourth-order valence-electron chi connectivity index (χ4n) is 1.60. The Balaban J connectivity index is 2.67. The number of nitrogens with one attached hydrogen (secondary N) is 2. The SMILES string of the molecule is CCCCNC(=O)Nc1cc(C#CCCO)ccc1C. The minimum atomic E-state index is -0.193. The second-order valence-corrected chi connectivity index (χ2v) is 4.54. The summed E-state index contributed by atoms with van der Waals surface area (Å²) in [4.78, 5) is 11.7. The molecule has 1 aromatic rings. The van der Waals surface area contributed by atoms with Crippen molar-refractivity contribution in [2.75, 3.05) is 18.5 Å². The number of amides is 2. The lowest BCUT2D eigenvalue weighted by atomic mass is 10.1. The maximum absolute atomic E-state index is 11.7. The number of aryl methyl sites for hydroxylation is 1. The number of aliphatic hydroxyl groups is 1. The summed E-state index contributed by atoms with van der Waals surface area (Å²) in [5.74, 6) is 5.82. The summed E-state index contributed by atoms with van der Waals surface area (Å²) >= 11 is 0. The highest BCUT2D eigenvalue weighted by atomic mass is 16.2. The van der Waals surface area contributed by atoms with E-state index in [-0.39, 0.29) is 12.6 Å². The number of anilines is 1. The Morgan fingerprint density at radius 1 is 1.40 bits per heavy atom. The molecule has 0 aliphatic heterocycles. The van der Waals surface area contributed by atoms with Gasteiger partial charge in [0.15, 0.2) is 0 Å². The number of unbranched alkanes of at least 4 members (excludes halogenated alkanes) is 1. The minimum Gasteiger partial charge on any atom is -0.395 e. The van der Waals surface area contributed by atoms with Gasteiger partial charge in [-0.05, 0) is 31.0 Å². The molecule has 0 saturated carbocycles. The second kappa shape index (κ2) is 9.00. The van der Waals surface area contributed by atoms with Crippen LogP contribution < -0.4 is 10.6 Å². The van der Waals surface area contributed by atoms with Gasteiger partial charge >= 0.3 is 6.03 Å². The van der Waals surface area contributed by atoms with Crippen molar-refractivity contribution < 1.29 is 9.90 Å². The molecular formula is C16H22N2O2. The Morgan fingerprint density at radius 2 is 2.20 bits per heavy atom. The first kappa shape index (κ1) is 16.1. The lowest BCUT2D eigenvalue weighted by Crippen LogP contribution is -2.29. The van der Waals surface area contributed by atoms with Crippen LogP contribution in [0.1, 0.15) is 37.3 Å². The predicted octanol–water partition coefficient (Wildman–Crippen LogP) is 2.65. The monoisotopic (exact) mass is 274 g/mol. The number of benzene rings is 1. The number of carbonyl (C=O) groups is 1. The number of carbonyl (C=O) groups excluding carboxylic acids is 1. The molecule has 4 nitrogen and oxygen atoms in total. The van der Waals surface area contributed by atoms with E-state index in [2.05, 4.69) is 29.4 Å². The molecule has 4 heteroatoms. The Morgan fingerprint density at radius 3 is 2.90 bits per heavy atom. The van der Waals surface area contributed by atoms with Crippen molar-refractivity contribution in [2.45, 2.75) is 33.1 Å². The lowest BCUT2D eigenvalue weighted by molar-refractivity contribution is 0.252. The van der Waals surface area contributed by atoms with Crippen molar-refractivity contribution in [2.24, 2.45) is 0 Å². The molecule has 0 aliphatic carbocycles. The van der Waals surface area contributed by atoms with Crippen molar-refractivity contribution in [3.05, 3.63) is 29.3 Å². The van der Waals surface area contributed by atoms with Crippen molar-refractivity contribution in [1.29, 1.82) is 0 Å². The summed E-state index contributed by atoms with van der Waals surface area (Å²) in [5.41, 5.74) is 2.58. The molecule has 0 aromatic heterocycles. The molecule has 3 N–H and O–H groups in total. The van der Waals surface area contributed by atoms with Gasteiger partial charge in [0.05, 0.1) is 6.61 Å². The van der Waals surface area contributed by atoms with E-state index >= 15 is 0 Å². The second-order valence-electron chi connectivity index (χ2n) is 4.54. The molecule has 0 fully saturated rings. The molecule has 0 saturated heterocycles. The van der Waals surface area contributed by atoms with Gasteiger partial charge in [-0.25, -0.2) is 4.79 Å². The topological polar surface area (TPSA) is 61.4 Å². The van der Waals surface area contributed by atoms with Crippen LogP contribution in [0.2, 0.25) is 0 Å². The molecule has 1 rings (SSSR count). The van der Waals surface area contributed by atoms with E-state index in [0.717, 1.165) is 29.7 Å². The highest BCUT2D eigenvalue weighted by Crippen LogP contribution is 2.16. The average molecular weight is 274 g/mol. The van der Waals surface area contributed by atoms with Crippen LogP contribution in [0.3, 0.4) is 0 Å². The molecule has 0 radical (unpaired) electrons. The van der Waals surface area contributed by atoms with Gasteiger partial charge in [-0.2, -0.15) is 0 Å². The van der Waals surface area contributed by atoms with Gasteiger partial charge in [0.2, 0.25) is 0 Å². The van der Waals surface area contributed by atoms with Crippen molar-refractivity contribution >= 4 is 11.7 Å². The molecule has 2 amide bonds. The fraction of sp³-hybridized carbons (Fsp3) is 0.438. The smallest absolute Gasteiger partial charge is 0.319 e. The van der Waals surface area contributed by atoms with Gasteiger partial charge in [0, 0.05) is 24.2 Å². The van der Waals surface area contributed by atoms with Crippen molar-refractivity contribution in [1.82, 2.24) is 5.32 Å². The van der Waals surface area contributed by atoms with E-state index in [1.165, 1.54) is 0 Å². The molecule has 0 unspecified atom stereocenters. The summed E-state index contributed by atoms with van der Waals surface area (Å²) in [7, 11) is 0. The normalized spacial score (nSPS) is 9.55. The Bertz CT molecular complexity index is 501. The number of aliphatic hydroxyl groups excluding tert-OH is 1. The third kappa shape index (κ3) is 5.77. The Kier molecular flexibility index (Phi) is 7.23. The molecule has 0 spiro atoms. The first-order valence-electron chi connectivity index (χ1n) is 6.92. The molecule has 0 atom stereocenters. The molecular weight excluding hydrogens is 252 g/mol. The maximum Gasteiger partial charge on any atom is 0.319 e. The summed E-state index contributed by atoms with van der Waals surface area (Å²) in [6, 6.07) is 5.48. The van der Waals surface area contributed by atoms with Crippen LogP contribution in [0, 0.1) is 18.8 Å². The van der Waals surface area contributed by atoms with E-state index in [1.807, 2.05) is 25.1 Å². The first-order valence-corrected chi connectivity index (χ1v) is 6.92. The standard InChI is InChI=1S/C16H22N2O2/c1-3-4-10-17-16(20)18-15-12-14(7-5-6-11-19)9-8-13(15)2/h8-9,12,19H,3-4,6,10-11H2,1-2H3,(H2,17,18,20). The minimum absolute atomic E-state index is 0.0593. The Hall–Kier alpha value is -1.99. The van der Waals surface area contributed by atoms with Crippen molar-refractivity contribution in [3.63, 3.8) is 0 Å². The quantitative estimate of drug-likeness (QED) is 0.571. The number of hydrogen-bond donors (Lipinski definition) is 3.